The monoisotopic (exact) mass is 373 g/mol. The quantitative estimate of drug-likeness (QED) is 0.762. The van der Waals surface area contributed by atoms with Crippen LogP contribution in [0.3, 0.4) is 0 Å². The molecule has 4 heteroatoms. The van der Waals surface area contributed by atoms with Crippen LogP contribution in [0.4, 0.5) is 0 Å². The topological polar surface area (TPSA) is 40.1 Å². The molecule has 0 heterocycles. The first-order valence-corrected chi connectivity index (χ1v) is 7.94. The molecule has 1 fully saturated rings. The van der Waals surface area contributed by atoms with Crippen LogP contribution in [0.25, 0.3) is 0 Å². The zero-order chi connectivity index (χ0) is 13.1. The molecule has 2 rings (SSSR count). The van der Waals surface area contributed by atoms with Crippen LogP contribution in [-0.4, -0.2) is 15.6 Å². The fraction of sp³-hybridized carbons (Fsp3) is 0.500. The van der Waals surface area contributed by atoms with Crippen LogP contribution in [0.5, 0.6) is 0 Å². The smallest absolute Gasteiger partial charge is 0.0456 e. The zero-order valence-electron chi connectivity index (χ0n) is 9.89. The number of carbonyl (C=O) groups excluding carboxylic acids is 1. The third-order valence-electron chi connectivity index (χ3n) is 3.60. The lowest BCUT2D eigenvalue weighted by atomic mass is 9.79. The second kappa shape index (κ2) is 6.20. The summed E-state index contributed by atoms with van der Waals surface area (Å²) in [4.78, 5) is 11.3. The number of hydrogen-bond donors (Lipinski definition) is 0. The van der Waals surface area contributed by atoms with Gasteiger partial charge in [0.2, 0.25) is 0 Å². The molecule has 1 aliphatic rings. The van der Waals surface area contributed by atoms with Crippen LogP contribution in [0.1, 0.15) is 18.4 Å². The minimum absolute atomic E-state index is 0.0185. The van der Waals surface area contributed by atoms with E-state index < -0.39 is 5.97 Å². The third kappa shape index (κ3) is 3.35. The van der Waals surface area contributed by atoms with Crippen molar-refractivity contribution in [2.24, 2.45) is 11.8 Å². The van der Waals surface area contributed by atoms with Crippen molar-refractivity contribution in [3.63, 3.8) is 0 Å². The van der Waals surface area contributed by atoms with Gasteiger partial charge in [-0.2, -0.15) is 0 Å². The molecular weight excluding hydrogens is 360 g/mol. The molecule has 0 bridgehead atoms. The Labute approximate surface area is 124 Å². The molecule has 0 spiro atoms. The lowest BCUT2D eigenvalue weighted by Crippen LogP contribution is -2.43. The molecule has 1 aliphatic carbocycles. The van der Waals surface area contributed by atoms with Crippen molar-refractivity contribution >= 4 is 37.8 Å². The SMILES string of the molecule is O=C([O-])[C@@H]1C[C@H](Br)[C@@H](Cc2ccccc2)C[C@H]1Br. The Bertz CT molecular complexity index is 408. The number of hydrogen-bond acceptors (Lipinski definition) is 2. The number of rotatable bonds is 3. The summed E-state index contributed by atoms with van der Waals surface area (Å²) in [7, 11) is 0. The first-order valence-electron chi connectivity index (χ1n) is 6.11. The number of carboxylic acids is 1. The minimum Gasteiger partial charge on any atom is -0.550 e. The number of carboxylic acid groups (broad SMARTS) is 1. The van der Waals surface area contributed by atoms with Gasteiger partial charge in [0.05, 0.1) is 0 Å². The van der Waals surface area contributed by atoms with Crippen molar-refractivity contribution < 1.29 is 9.90 Å². The highest BCUT2D eigenvalue weighted by Gasteiger charge is 2.35. The van der Waals surface area contributed by atoms with E-state index in [0.29, 0.717) is 12.3 Å². The van der Waals surface area contributed by atoms with E-state index in [4.69, 9.17) is 0 Å². The Kier molecular flexibility index (Phi) is 4.84. The van der Waals surface area contributed by atoms with E-state index in [1.54, 1.807) is 0 Å². The molecule has 1 aromatic rings. The summed E-state index contributed by atoms with van der Waals surface area (Å²) in [5.74, 6) is -0.867. The number of benzene rings is 1. The van der Waals surface area contributed by atoms with Crippen LogP contribution in [0.15, 0.2) is 30.3 Å². The van der Waals surface area contributed by atoms with Crippen molar-refractivity contribution in [1.29, 1.82) is 0 Å². The predicted molar refractivity (Wildman–Crippen MR) is 76.8 cm³/mol. The molecule has 2 nitrogen and oxygen atoms in total. The van der Waals surface area contributed by atoms with Gasteiger partial charge in [-0.15, -0.1) is 0 Å². The number of carbonyl (C=O) groups is 1. The second-order valence-electron chi connectivity index (χ2n) is 4.88. The predicted octanol–water partition coefficient (Wildman–Crippen LogP) is 2.53. The highest BCUT2D eigenvalue weighted by Crippen LogP contribution is 2.39. The Hall–Kier alpha value is -0.350. The van der Waals surface area contributed by atoms with Gasteiger partial charge in [-0.25, -0.2) is 0 Å². The summed E-state index contributed by atoms with van der Waals surface area (Å²) in [6.45, 7) is 0. The molecule has 1 saturated carbocycles. The molecule has 98 valence electrons. The van der Waals surface area contributed by atoms with Crippen LogP contribution in [0.2, 0.25) is 0 Å². The Morgan fingerprint density at radius 3 is 2.44 bits per heavy atom. The van der Waals surface area contributed by atoms with Crippen molar-refractivity contribution in [3.05, 3.63) is 35.9 Å². The fourth-order valence-electron chi connectivity index (χ4n) is 2.56. The van der Waals surface area contributed by atoms with Crippen molar-refractivity contribution in [3.8, 4) is 0 Å². The highest BCUT2D eigenvalue weighted by atomic mass is 79.9. The summed E-state index contributed by atoms with van der Waals surface area (Å²) in [5, 5.41) is 11.0. The fourth-order valence-corrected chi connectivity index (χ4v) is 4.27. The van der Waals surface area contributed by atoms with Gasteiger partial charge < -0.3 is 9.90 Å². The molecule has 0 saturated heterocycles. The van der Waals surface area contributed by atoms with E-state index in [0.717, 1.165) is 12.8 Å². The highest BCUT2D eigenvalue weighted by molar-refractivity contribution is 9.10. The van der Waals surface area contributed by atoms with Gasteiger partial charge in [0.1, 0.15) is 0 Å². The Morgan fingerprint density at radius 2 is 1.83 bits per heavy atom. The van der Waals surface area contributed by atoms with E-state index in [9.17, 15) is 9.90 Å². The lowest BCUT2D eigenvalue weighted by Gasteiger charge is -2.37. The van der Waals surface area contributed by atoms with Crippen LogP contribution < -0.4 is 5.11 Å². The van der Waals surface area contributed by atoms with Crippen molar-refractivity contribution in [1.82, 2.24) is 0 Å². The summed E-state index contributed by atoms with van der Waals surface area (Å²) in [6.07, 6.45) is 2.48. The summed E-state index contributed by atoms with van der Waals surface area (Å²) in [6, 6.07) is 10.3. The molecule has 0 N–H and O–H groups in total. The average Bonchev–Trinajstić information content (AvgIpc) is 2.34. The second-order valence-corrected chi connectivity index (χ2v) is 7.23. The normalized spacial score (nSPS) is 32.1. The van der Waals surface area contributed by atoms with Crippen LogP contribution in [0, 0.1) is 11.8 Å². The minimum atomic E-state index is -0.945. The molecule has 0 aliphatic heterocycles. The first-order chi connectivity index (χ1) is 8.58. The van der Waals surface area contributed by atoms with Gasteiger partial charge in [0.15, 0.2) is 0 Å². The lowest BCUT2D eigenvalue weighted by molar-refractivity contribution is -0.312. The molecule has 18 heavy (non-hydrogen) atoms. The van der Waals surface area contributed by atoms with E-state index in [1.165, 1.54) is 5.56 Å². The summed E-state index contributed by atoms with van der Waals surface area (Å²) >= 11 is 7.13. The maximum atomic E-state index is 11.0. The Morgan fingerprint density at radius 1 is 1.17 bits per heavy atom. The number of alkyl halides is 2. The average molecular weight is 375 g/mol. The third-order valence-corrected chi connectivity index (χ3v) is 5.73. The van der Waals surface area contributed by atoms with Gasteiger partial charge in [0, 0.05) is 21.5 Å². The summed E-state index contributed by atoms with van der Waals surface area (Å²) in [5.41, 5.74) is 1.30. The maximum Gasteiger partial charge on any atom is 0.0456 e. The molecule has 4 atom stereocenters. The molecule has 0 aromatic heterocycles. The Balaban J connectivity index is 2.01. The maximum absolute atomic E-state index is 11.0. The molecule has 0 amide bonds. The summed E-state index contributed by atoms with van der Waals surface area (Å²) < 4.78 is 0. The zero-order valence-corrected chi connectivity index (χ0v) is 13.1. The van der Waals surface area contributed by atoms with Gasteiger partial charge in [-0.05, 0) is 30.7 Å². The molecule has 0 unspecified atom stereocenters. The standard InChI is InChI=1S/C14H16Br2O2/c15-12-8-11(14(17)18)13(16)7-10(12)6-9-4-2-1-3-5-9/h1-5,10-13H,6-8H2,(H,17,18)/p-1/t10-,11+,12-,13+/m0/s1. The van der Waals surface area contributed by atoms with Gasteiger partial charge in [0.25, 0.3) is 0 Å². The van der Waals surface area contributed by atoms with Gasteiger partial charge in [-0.3, -0.25) is 0 Å². The molecule has 0 radical (unpaired) electrons. The van der Waals surface area contributed by atoms with E-state index in [2.05, 4.69) is 44.0 Å². The van der Waals surface area contributed by atoms with E-state index in [1.807, 2.05) is 18.2 Å². The van der Waals surface area contributed by atoms with Crippen LogP contribution in [-0.2, 0) is 11.2 Å². The van der Waals surface area contributed by atoms with E-state index in [-0.39, 0.29) is 15.6 Å². The molecular formula is C14H15Br2O2-. The van der Waals surface area contributed by atoms with Crippen molar-refractivity contribution in [2.45, 2.75) is 28.9 Å². The number of aliphatic carboxylic acids is 1. The van der Waals surface area contributed by atoms with Crippen LogP contribution >= 0.6 is 31.9 Å². The van der Waals surface area contributed by atoms with Gasteiger partial charge in [-0.1, -0.05) is 62.2 Å². The van der Waals surface area contributed by atoms with Gasteiger partial charge >= 0.3 is 0 Å². The number of halogens is 2. The molecule has 1 aromatic carbocycles. The van der Waals surface area contributed by atoms with Crippen molar-refractivity contribution in [2.75, 3.05) is 0 Å². The first kappa shape index (κ1) is 14.1. The largest absolute Gasteiger partial charge is 0.550 e. The van der Waals surface area contributed by atoms with E-state index >= 15 is 0 Å².